The standard InChI is InChI=1S/C19H24N2O3/c1-3-24-19(23)14-7-6-10-21(11-14)12-17(22)18-13(2)20-16-9-5-4-8-15(16)18/h4-5,8-9,14,20H,3,6-7,10-12H2,1-2H3/t14-/m0/s1. The highest BCUT2D eigenvalue weighted by Crippen LogP contribution is 2.24. The van der Waals surface area contributed by atoms with Crippen molar-refractivity contribution in [2.75, 3.05) is 26.2 Å². The number of benzene rings is 1. The zero-order valence-corrected chi connectivity index (χ0v) is 14.3. The number of rotatable bonds is 5. The second-order valence-electron chi connectivity index (χ2n) is 6.42. The molecule has 1 N–H and O–H groups in total. The summed E-state index contributed by atoms with van der Waals surface area (Å²) in [6.45, 7) is 5.96. The van der Waals surface area contributed by atoms with Gasteiger partial charge in [-0.05, 0) is 39.3 Å². The Bertz CT molecular complexity index is 750. The number of hydrogen-bond donors (Lipinski definition) is 1. The maximum atomic E-state index is 12.8. The Hall–Kier alpha value is -2.14. The monoisotopic (exact) mass is 328 g/mol. The van der Waals surface area contributed by atoms with Gasteiger partial charge in [-0.1, -0.05) is 18.2 Å². The lowest BCUT2D eigenvalue weighted by atomic mass is 9.97. The quantitative estimate of drug-likeness (QED) is 0.677. The van der Waals surface area contributed by atoms with Crippen molar-refractivity contribution in [3.05, 3.63) is 35.5 Å². The number of carbonyl (C=O) groups is 2. The average Bonchev–Trinajstić information content (AvgIpc) is 2.91. The maximum absolute atomic E-state index is 12.8. The summed E-state index contributed by atoms with van der Waals surface area (Å²) in [4.78, 5) is 30.1. The van der Waals surface area contributed by atoms with Crippen LogP contribution in [0.1, 0.15) is 35.8 Å². The third-order valence-corrected chi connectivity index (χ3v) is 4.67. The van der Waals surface area contributed by atoms with Gasteiger partial charge in [0.25, 0.3) is 0 Å². The molecule has 2 heterocycles. The minimum absolute atomic E-state index is 0.106. The molecule has 1 aliphatic heterocycles. The molecule has 0 bridgehead atoms. The summed E-state index contributed by atoms with van der Waals surface area (Å²) in [5.41, 5.74) is 2.66. The second kappa shape index (κ2) is 7.18. The largest absolute Gasteiger partial charge is 0.466 e. The molecule has 24 heavy (non-hydrogen) atoms. The van der Waals surface area contributed by atoms with Crippen LogP contribution in [0.4, 0.5) is 0 Å². The first-order valence-corrected chi connectivity index (χ1v) is 8.59. The molecule has 0 spiro atoms. The molecule has 0 amide bonds. The van der Waals surface area contributed by atoms with E-state index in [0.29, 0.717) is 19.7 Å². The molecule has 1 aliphatic rings. The van der Waals surface area contributed by atoms with Crippen LogP contribution in [-0.2, 0) is 9.53 Å². The number of Topliss-reactive ketones (excluding diaryl/α,β-unsaturated/α-hetero) is 1. The topological polar surface area (TPSA) is 62.4 Å². The maximum Gasteiger partial charge on any atom is 0.310 e. The lowest BCUT2D eigenvalue weighted by Crippen LogP contribution is -2.41. The molecule has 1 saturated heterocycles. The molecule has 1 aromatic heterocycles. The summed E-state index contributed by atoms with van der Waals surface area (Å²) < 4.78 is 5.13. The molecule has 0 radical (unpaired) electrons. The lowest BCUT2D eigenvalue weighted by molar-refractivity contribution is -0.149. The minimum atomic E-state index is -0.141. The Morgan fingerprint density at radius 2 is 2.12 bits per heavy atom. The van der Waals surface area contributed by atoms with Gasteiger partial charge in [-0.2, -0.15) is 0 Å². The van der Waals surface area contributed by atoms with E-state index in [-0.39, 0.29) is 17.7 Å². The molecular weight excluding hydrogens is 304 g/mol. The van der Waals surface area contributed by atoms with Gasteiger partial charge in [-0.15, -0.1) is 0 Å². The Labute approximate surface area is 142 Å². The zero-order chi connectivity index (χ0) is 17.1. The summed E-state index contributed by atoms with van der Waals surface area (Å²) in [5, 5.41) is 0.971. The Morgan fingerprint density at radius 1 is 1.33 bits per heavy atom. The number of likely N-dealkylation sites (tertiary alicyclic amines) is 1. The number of carbonyl (C=O) groups excluding carboxylic acids is 2. The number of aryl methyl sites for hydroxylation is 1. The predicted octanol–water partition coefficient (Wildman–Crippen LogP) is 2.93. The highest BCUT2D eigenvalue weighted by Gasteiger charge is 2.28. The van der Waals surface area contributed by atoms with Crippen molar-refractivity contribution >= 4 is 22.7 Å². The van der Waals surface area contributed by atoms with Crippen LogP contribution in [0.25, 0.3) is 10.9 Å². The minimum Gasteiger partial charge on any atom is -0.466 e. The van der Waals surface area contributed by atoms with Crippen LogP contribution in [0, 0.1) is 12.8 Å². The highest BCUT2D eigenvalue weighted by atomic mass is 16.5. The van der Waals surface area contributed by atoms with Gasteiger partial charge in [0, 0.05) is 28.7 Å². The number of hydrogen-bond acceptors (Lipinski definition) is 4. The first kappa shape index (κ1) is 16.7. The number of H-pyrrole nitrogens is 1. The van der Waals surface area contributed by atoms with E-state index in [2.05, 4.69) is 9.88 Å². The second-order valence-corrected chi connectivity index (χ2v) is 6.42. The number of piperidine rings is 1. The predicted molar refractivity (Wildman–Crippen MR) is 93.2 cm³/mol. The molecule has 0 unspecified atom stereocenters. The molecule has 2 aromatic rings. The number of aromatic amines is 1. The number of aromatic nitrogens is 1. The van der Waals surface area contributed by atoms with Gasteiger partial charge in [0.15, 0.2) is 5.78 Å². The number of para-hydroxylation sites is 1. The first-order valence-electron chi connectivity index (χ1n) is 8.59. The van der Waals surface area contributed by atoms with Crippen molar-refractivity contribution < 1.29 is 14.3 Å². The van der Waals surface area contributed by atoms with Gasteiger partial charge in [0.2, 0.25) is 0 Å². The fourth-order valence-electron chi connectivity index (χ4n) is 3.57. The molecule has 0 aliphatic carbocycles. The van der Waals surface area contributed by atoms with E-state index in [4.69, 9.17) is 4.74 Å². The number of nitrogens with zero attached hydrogens (tertiary/aromatic N) is 1. The van der Waals surface area contributed by atoms with E-state index in [1.54, 1.807) is 0 Å². The fraction of sp³-hybridized carbons (Fsp3) is 0.474. The van der Waals surface area contributed by atoms with Crippen molar-refractivity contribution in [3.63, 3.8) is 0 Å². The summed E-state index contributed by atoms with van der Waals surface area (Å²) >= 11 is 0. The third kappa shape index (κ3) is 3.36. The number of ether oxygens (including phenoxy) is 1. The van der Waals surface area contributed by atoms with E-state index in [0.717, 1.165) is 41.5 Å². The molecule has 1 aromatic carbocycles. The number of ketones is 1. The molecule has 0 saturated carbocycles. The molecule has 5 nitrogen and oxygen atoms in total. The average molecular weight is 328 g/mol. The molecule has 1 fully saturated rings. The van der Waals surface area contributed by atoms with Gasteiger partial charge in [-0.3, -0.25) is 14.5 Å². The van der Waals surface area contributed by atoms with Gasteiger partial charge >= 0.3 is 5.97 Å². The lowest BCUT2D eigenvalue weighted by Gasteiger charge is -2.30. The van der Waals surface area contributed by atoms with Crippen molar-refractivity contribution in [3.8, 4) is 0 Å². The van der Waals surface area contributed by atoms with Crippen LogP contribution in [0.3, 0.4) is 0 Å². The van der Waals surface area contributed by atoms with E-state index in [9.17, 15) is 9.59 Å². The zero-order valence-electron chi connectivity index (χ0n) is 14.3. The van der Waals surface area contributed by atoms with Gasteiger partial charge in [0.05, 0.1) is 19.1 Å². The van der Waals surface area contributed by atoms with Crippen molar-refractivity contribution in [2.24, 2.45) is 5.92 Å². The van der Waals surface area contributed by atoms with E-state index < -0.39 is 0 Å². The fourth-order valence-corrected chi connectivity index (χ4v) is 3.57. The molecule has 128 valence electrons. The third-order valence-electron chi connectivity index (χ3n) is 4.67. The number of nitrogens with one attached hydrogen (secondary N) is 1. The van der Waals surface area contributed by atoms with Gasteiger partial charge in [-0.25, -0.2) is 0 Å². The van der Waals surface area contributed by atoms with Crippen LogP contribution in [0.5, 0.6) is 0 Å². The molecule has 5 heteroatoms. The van der Waals surface area contributed by atoms with E-state index >= 15 is 0 Å². The SMILES string of the molecule is CCOC(=O)[C@H]1CCCN(CC(=O)c2c(C)[nH]c3ccccc23)C1. The number of esters is 1. The molecule has 1 atom stereocenters. The Kier molecular flexibility index (Phi) is 5.00. The van der Waals surface area contributed by atoms with Gasteiger partial charge in [0.1, 0.15) is 0 Å². The summed E-state index contributed by atoms with van der Waals surface area (Å²) in [7, 11) is 0. The van der Waals surface area contributed by atoms with Crippen LogP contribution in [-0.4, -0.2) is 47.9 Å². The smallest absolute Gasteiger partial charge is 0.310 e. The summed E-state index contributed by atoms with van der Waals surface area (Å²) in [6, 6.07) is 7.87. The van der Waals surface area contributed by atoms with Gasteiger partial charge < -0.3 is 9.72 Å². The Morgan fingerprint density at radius 3 is 2.92 bits per heavy atom. The summed E-state index contributed by atoms with van der Waals surface area (Å²) in [5.74, 6) is -0.150. The number of fused-ring (bicyclic) bond motifs is 1. The van der Waals surface area contributed by atoms with Crippen molar-refractivity contribution in [1.29, 1.82) is 0 Å². The highest BCUT2D eigenvalue weighted by molar-refractivity contribution is 6.10. The first-order chi connectivity index (χ1) is 11.6. The van der Waals surface area contributed by atoms with Crippen LogP contribution < -0.4 is 0 Å². The normalized spacial score (nSPS) is 18.7. The van der Waals surface area contributed by atoms with E-state index in [1.165, 1.54) is 0 Å². The molecular formula is C19H24N2O3. The van der Waals surface area contributed by atoms with Crippen molar-refractivity contribution in [1.82, 2.24) is 9.88 Å². The Balaban J connectivity index is 1.72. The van der Waals surface area contributed by atoms with E-state index in [1.807, 2.05) is 38.1 Å². The van der Waals surface area contributed by atoms with Crippen molar-refractivity contribution in [2.45, 2.75) is 26.7 Å². The summed E-state index contributed by atoms with van der Waals surface area (Å²) in [6.07, 6.45) is 1.76. The van der Waals surface area contributed by atoms with Crippen LogP contribution >= 0.6 is 0 Å². The van der Waals surface area contributed by atoms with Crippen LogP contribution in [0.2, 0.25) is 0 Å². The van der Waals surface area contributed by atoms with Crippen LogP contribution in [0.15, 0.2) is 24.3 Å². The molecule has 3 rings (SSSR count).